The van der Waals surface area contributed by atoms with E-state index in [1.165, 1.54) is 7.11 Å². The van der Waals surface area contributed by atoms with Crippen molar-refractivity contribution in [3.8, 4) is 0 Å². The number of aliphatic hydroxyl groups excluding tert-OH is 2. The van der Waals surface area contributed by atoms with Crippen LogP contribution < -0.4 is 16.0 Å². The minimum absolute atomic E-state index is 0.271. The molecule has 1 rings (SSSR count). The van der Waals surface area contributed by atoms with E-state index in [4.69, 9.17) is 4.74 Å². The molecule has 10 heteroatoms. The molecule has 174 valence electrons. The normalized spacial score (nSPS) is 28.7. The maximum Gasteiger partial charge on any atom is 0.328 e. The SMILES string of the molecule is C[NH2+][C@@H](CC(C)C)C(=O)N[C@H]1C[C@@](O)(C(=O)N[C@@H](C(=O)OC)C(C)C)C[C@@H](O)[C@@H]1O. The van der Waals surface area contributed by atoms with Gasteiger partial charge in [-0.3, -0.25) is 9.59 Å². The van der Waals surface area contributed by atoms with E-state index in [-0.39, 0.29) is 24.2 Å². The Bertz CT molecular complexity index is 613. The number of aliphatic hydroxyl groups is 3. The van der Waals surface area contributed by atoms with E-state index < -0.39 is 54.2 Å². The lowest BCUT2D eigenvalue weighted by molar-refractivity contribution is -0.651. The molecule has 0 saturated heterocycles. The Morgan fingerprint density at radius 2 is 1.77 bits per heavy atom. The number of rotatable bonds is 9. The fourth-order valence-electron chi connectivity index (χ4n) is 3.72. The molecule has 0 spiro atoms. The Labute approximate surface area is 177 Å². The van der Waals surface area contributed by atoms with E-state index in [0.29, 0.717) is 6.42 Å². The second-order valence-electron chi connectivity index (χ2n) is 8.90. The Balaban J connectivity index is 2.97. The average molecular weight is 433 g/mol. The first kappa shape index (κ1) is 26.3. The van der Waals surface area contributed by atoms with Gasteiger partial charge in [0.1, 0.15) is 17.7 Å². The summed E-state index contributed by atoms with van der Waals surface area (Å²) in [6.45, 7) is 7.39. The lowest BCUT2D eigenvalue weighted by atomic mass is 9.77. The van der Waals surface area contributed by atoms with Gasteiger partial charge in [0.25, 0.3) is 11.8 Å². The van der Waals surface area contributed by atoms with Crippen molar-refractivity contribution in [3.63, 3.8) is 0 Å². The van der Waals surface area contributed by atoms with Crippen molar-refractivity contribution >= 4 is 17.8 Å². The summed E-state index contributed by atoms with van der Waals surface area (Å²) in [5, 5.41) is 38.4. The van der Waals surface area contributed by atoms with Crippen LogP contribution in [0.1, 0.15) is 47.0 Å². The minimum Gasteiger partial charge on any atom is -0.467 e. The maximum absolute atomic E-state index is 12.8. The van der Waals surface area contributed by atoms with Crippen LogP contribution in [0.2, 0.25) is 0 Å². The van der Waals surface area contributed by atoms with E-state index in [2.05, 4.69) is 10.6 Å². The molecule has 0 aromatic rings. The number of carbonyl (C=O) groups excluding carboxylic acids is 3. The van der Waals surface area contributed by atoms with Crippen LogP contribution in [0.25, 0.3) is 0 Å². The molecule has 1 aliphatic rings. The Hall–Kier alpha value is -1.75. The predicted molar refractivity (Wildman–Crippen MR) is 108 cm³/mol. The van der Waals surface area contributed by atoms with Crippen molar-refractivity contribution in [1.29, 1.82) is 0 Å². The smallest absolute Gasteiger partial charge is 0.328 e. The summed E-state index contributed by atoms with van der Waals surface area (Å²) >= 11 is 0. The average Bonchev–Trinajstić information content (AvgIpc) is 2.66. The number of hydrogen-bond donors (Lipinski definition) is 6. The number of methoxy groups -OCH3 is 1. The molecule has 1 saturated carbocycles. The quantitative estimate of drug-likeness (QED) is 0.222. The number of esters is 1. The van der Waals surface area contributed by atoms with E-state index in [0.717, 1.165) is 0 Å². The summed E-state index contributed by atoms with van der Waals surface area (Å²) in [4.78, 5) is 37.4. The third kappa shape index (κ3) is 6.63. The number of nitrogens with two attached hydrogens (primary N) is 1. The summed E-state index contributed by atoms with van der Waals surface area (Å²) in [6, 6.07) is -2.40. The number of carbonyl (C=O) groups is 3. The molecule has 0 unspecified atom stereocenters. The molecule has 10 nitrogen and oxygen atoms in total. The topological polar surface area (TPSA) is 162 Å². The zero-order valence-corrected chi connectivity index (χ0v) is 18.7. The van der Waals surface area contributed by atoms with Crippen molar-refractivity contribution < 1.29 is 39.8 Å². The van der Waals surface area contributed by atoms with Gasteiger partial charge in [-0.2, -0.15) is 0 Å². The van der Waals surface area contributed by atoms with Crippen molar-refractivity contribution in [2.45, 2.75) is 82.9 Å². The van der Waals surface area contributed by atoms with Crippen LogP contribution in [-0.2, 0) is 19.1 Å². The molecule has 30 heavy (non-hydrogen) atoms. The van der Waals surface area contributed by atoms with E-state index in [9.17, 15) is 29.7 Å². The van der Waals surface area contributed by atoms with Gasteiger partial charge in [-0.1, -0.05) is 27.7 Å². The second kappa shape index (κ2) is 11.0. The molecule has 1 fully saturated rings. The minimum atomic E-state index is -2.07. The highest BCUT2D eigenvalue weighted by molar-refractivity contribution is 5.90. The fourth-order valence-corrected chi connectivity index (χ4v) is 3.72. The first-order chi connectivity index (χ1) is 13.9. The number of quaternary nitrogens is 1. The van der Waals surface area contributed by atoms with Gasteiger partial charge in [0.2, 0.25) is 0 Å². The van der Waals surface area contributed by atoms with Gasteiger partial charge in [-0.15, -0.1) is 0 Å². The summed E-state index contributed by atoms with van der Waals surface area (Å²) in [5.41, 5.74) is -2.07. The van der Waals surface area contributed by atoms with Crippen LogP contribution in [0.15, 0.2) is 0 Å². The van der Waals surface area contributed by atoms with Crippen LogP contribution in [0, 0.1) is 11.8 Å². The zero-order valence-electron chi connectivity index (χ0n) is 18.7. The standard InChI is InChI=1S/C20H37N3O7/c1-10(2)7-12(21-5)17(26)22-13-8-20(29,9-14(24)16(13)25)19(28)23-15(11(3)4)18(27)30-6/h10-16,21,24-25,29H,7-9H2,1-6H3,(H,22,26)(H,23,28)/p+1/t12-,13-,14+,15+,16+,20-/m0/s1. The fraction of sp³-hybridized carbons (Fsp3) is 0.850. The molecule has 0 bridgehead atoms. The highest BCUT2D eigenvalue weighted by atomic mass is 16.5. The third-order valence-corrected chi connectivity index (χ3v) is 5.53. The van der Waals surface area contributed by atoms with Crippen molar-refractivity contribution in [2.24, 2.45) is 11.8 Å². The molecule has 0 aliphatic heterocycles. The lowest BCUT2D eigenvalue weighted by Crippen LogP contribution is -2.89. The van der Waals surface area contributed by atoms with Crippen LogP contribution >= 0.6 is 0 Å². The largest absolute Gasteiger partial charge is 0.467 e. The van der Waals surface area contributed by atoms with Crippen LogP contribution in [0.3, 0.4) is 0 Å². The van der Waals surface area contributed by atoms with Gasteiger partial charge in [-0.25, -0.2) is 4.79 Å². The Morgan fingerprint density at radius 1 is 1.17 bits per heavy atom. The number of hydrogen-bond acceptors (Lipinski definition) is 7. The second-order valence-corrected chi connectivity index (χ2v) is 8.90. The van der Waals surface area contributed by atoms with E-state index in [1.807, 2.05) is 13.8 Å². The molecule has 1 aliphatic carbocycles. The predicted octanol–water partition coefficient (Wildman–Crippen LogP) is -2.36. The third-order valence-electron chi connectivity index (χ3n) is 5.53. The van der Waals surface area contributed by atoms with Crippen molar-refractivity contribution in [3.05, 3.63) is 0 Å². The van der Waals surface area contributed by atoms with Crippen molar-refractivity contribution in [2.75, 3.05) is 14.2 Å². The van der Waals surface area contributed by atoms with Crippen LogP contribution in [0.4, 0.5) is 0 Å². The molecule has 0 aromatic heterocycles. The Morgan fingerprint density at radius 3 is 2.23 bits per heavy atom. The van der Waals surface area contributed by atoms with Gasteiger partial charge in [0.05, 0.1) is 26.3 Å². The van der Waals surface area contributed by atoms with Gasteiger partial charge < -0.3 is 36.0 Å². The molecule has 7 N–H and O–H groups in total. The summed E-state index contributed by atoms with van der Waals surface area (Å²) in [5.74, 6) is -1.89. The molecule has 0 heterocycles. The highest BCUT2D eigenvalue weighted by Gasteiger charge is 2.50. The van der Waals surface area contributed by atoms with Crippen molar-refractivity contribution in [1.82, 2.24) is 10.6 Å². The molecular weight excluding hydrogens is 394 g/mol. The number of nitrogens with one attached hydrogen (secondary N) is 2. The van der Waals surface area contributed by atoms with E-state index in [1.54, 1.807) is 26.2 Å². The number of ether oxygens (including phenoxy) is 1. The molecular formula is C20H38N3O7+. The molecule has 0 radical (unpaired) electrons. The monoisotopic (exact) mass is 432 g/mol. The van der Waals surface area contributed by atoms with Crippen LogP contribution in [-0.4, -0.2) is 83.2 Å². The van der Waals surface area contributed by atoms with E-state index >= 15 is 0 Å². The molecule has 6 atom stereocenters. The maximum atomic E-state index is 12.8. The lowest BCUT2D eigenvalue weighted by Gasteiger charge is -2.42. The first-order valence-corrected chi connectivity index (χ1v) is 10.4. The van der Waals surface area contributed by atoms with Crippen LogP contribution in [0.5, 0.6) is 0 Å². The van der Waals surface area contributed by atoms with Gasteiger partial charge in [-0.05, 0) is 11.8 Å². The van der Waals surface area contributed by atoms with Gasteiger partial charge in [0.15, 0.2) is 6.04 Å². The first-order valence-electron chi connectivity index (χ1n) is 10.4. The summed E-state index contributed by atoms with van der Waals surface area (Å²) < 4.78 is 4.69. The van der Waals surface area contributed by atoms with Gasteiger partial charge in [0, 0.05) is 19.3 Å². The number of amides is 2. The number of likely N-dealkylation sites (N-methyl/N-ethyl adjacent to an activating group) is 1. The zero-order chi connectivity index (χ0) is 23.2. The summed E-state index contributed by atoms with van der Waals surface area (Å²) in [6.07, 6.45) is -2.88. The Kier molecular flexibility index (Phi) is 9.67. The highest BCUT2D eigenvalue weighted by Crippen LogP contribution is 2.30. The molecule has 2 amide bonds. The van der Waals surface area contributed by atoms with Gasteiger partial charge >= 0.3 is 5.97 Å². The summed E-state index contributed by atoms with van der Waals surface area (Å²) in [7, 11) is 2.96. The molecule has 0 aromatic carbocycles.